The van der Waals surface area contributed by atoms with E-state index in [2.05, 4.69) is 4.98 Å². The lowest BCUT2D eigenvalue weighted by Gasteiger charge is -2.31. The van der Waals surface area contributed by atoms with Crippen LogP contribution in [-0.2, 0) is 6.61 Å². The summed E-state index contributed by atoms with van der Waals surface area (Å²) in [5, 5.41) is 0.907. The van der Waals surface area contributed by atoms with E-state index < -0.39 is 0 Å². The third-order valence-electron chi connectivity index (χ3n) is 4.79. The van der Waals surface area contributed by atoms with Gasteiger partial charge >= 0.3 is 0 Å². The number of aromatic nitrogens is 1. The maximum Gasteiger partial charge on any atom is 0.255 e. The Hall–Kier alpha value is -1.78. The summed E-state index contributed by atoms with van der Waals surface area (Å²) >= 11 is 12.2. The smallest absolute Gasteiger partial charge is 0.255 e. The largest absolute Gasteiger partial charge is 0.486 e. The summed E-state index contributed by atoms with van der Waals surface area (Å²) in [4.78, 5) is 18.8. The van der Waals surface area contributed by atoms with E-state index in [0.717, 1.165) is 18.4 Å². The zero-order valence-electron chi connectivity index (χ0n) is 14.8. The van der Waals surface area contributed by atoms with E-state index in [-0.39, 0.29) is 12.5 Å². The Morgan fingerprint density at radius 2 is 1.88 bits per heavy atom. The number of carbonyl (C=O) groups is 1. The van der Waals surface area contributed by atoms with Crippen LogP contribution in [0.1, 0.15) is 48.0 Å². The molecule has 1 aromatic carbocycles. The van der Waals surface area contributed by atoms with Gasteiger partial charge in [0.25, 0.3) is 5.91 Å². The average Bonchev–Trinajstić information content (AvgIpc) is 2.67. The molecule has 3 rings (SSSR count). The van der Waals surface area contributed by atoms with Crippen molar-refractivity contribution in [3.8, 4) is 5.75 Å². The van der Waals surface area contributed by atoms with E-state index >= 15 is 0 Å². The Morgan fingerprint density at radius 3 is 2.58 bits per heavy atom. The van der Waals surface area contributed by atoms with Gasteiger partial charge in [-0.15, -0.1) is 0 Å². The molecule has 0 bridgehead atoms. The molecule has 138 valence electrons. The molecule has 1 aromatic heterocycles. The van der Waals surface area contributed by atoms with Gasteiger partial charge in [0.1, 0.15) is 6.61 Å². The Kier molecular flexibility index (Phi) is 6.38. The molecule has 1 heterocycles. The van der Waals surface area contributed by atoms with Crippen molar-refractivity contribution in [1.29, 1.82) is 0 Å². The first-order chi connectivity index (χ1) is 12.6. The van der Waals surface area contributed by atoms with Crippen molar-refractivity contribution in [2.75, 3.05) is 7.05 Å². The van der Waals surface area contributed by atoms with Gasteiger partial charge in [0, 0.05) is 31.0 Å². The quantitative estimate of drug-likeness (QED) is 0.686. The second kappa shape index (κ2) is 8.74. The third kappa shape index (κ3) is 4.49. The number of halogens is 2. The molecule has 1 fully saturated rings. The molecule has 0 atom stereocenters. The molecule has 0 spiro atoms. The maximum absolute atomic E-state index is 12.8. The van der Waals surface area contributed by atoms with E-state index in [4.69, 9.17) is 27.9 Å². The number of hydrogen-bond acceptors (Lipinski definition) is 3. The monoisotopic (exact) mass is 392 g/mol. The van der Waals surface area contributed by atoms with Crippen molar-refractivity contribution in [2.24, 2.45) is 0 Å². The summed E-state index contributed by atoms with van der Waals surface area (Å²) in [5.41, 5.74) is 1.37. The summed E-state index contributed by atoms with van der Waals surface area (Å²) in [6.45, 7) is 0.241. The molecule has 1 saturated carbocycles. The molecule has 0 saturated heterocycles. The lowest BCUT2D eigenvalue weighted by molar-refractivity contribution is 0.0695. The second-order valence-corrected chi connectivity index (χ2v) is 7.44. The predicted octanol–water partition coefficient (Wildman–Crippen LogP) is 5.37. The standard InChI is InChI=1S/C20H22Cl2N2O2/c1-24(16-6-3-2-4-7-16)20(25)15-10-14(11-23-12-15)13-26-19-17(21)8-5-9-18(19)22/h5,8-12,16H,2-4,6-7,13H2,1H3. The molecule has 6 heteroatoms. The zero-order valence-corrected chi connectivity index (χ0v) is 16.3. The number of ether oxygens (including phenoxy) is 1. The number of benzene rings is 1. The van der Waals surface area contributed by atoms with Crippen LogP contribution < -0.4 is 4.74 Å². The fourth-order valence-electron chi connectivity index (χ4n) is 3.30. The van der Waals surface area contributed by atoms with Gasteiger partial charge in [-0.2, -0.15) is 0 Å². The molecule has 2 aromatic rings. The Labute approximate surface area is 164 Å². The average molecular weight is 393 g/mol. The normalized spacial score (nSPS) is 14.9. The van der Waals surface area contributed by atoms with E-state index in [0.29, 0.717) is 27.4 Å². The summed E-state index contributed by atoms with van der Waals surface area (Å²) in [6.07, 6.45) is 9.07. The van der Waals surface area contributed by atoms with Crippen LogP contribution in [0.4, 0.5) is 0 Å². The Bertz CT molecular complexity index is 756. The Morgan fingerprint density at radius 1 is 1.19 bits per heavy atom. The highest BCUT2D eigenvalue weighted by Gasteiger charge is 2.23. The molecule has 4 nitrogen and oxygen atoms in total. The molecule has 1 amide bonds. The summed E-state index contributed by atoms with van der Waals surface area (Å²) in [7, 11) is 1.88. The SMILES string of the molecule is CN(C(=O)c1cncc(COc2c(Cl)cccc2Cl)c1)C1CCCCC1. The topological polar surface area (TPSA) is 42.4 Å². The van der Waals surface area contributed by atoms with Crippen molar-refractivity contribution >= 4 is 29.1 Å². The van der Waals surface area contributed by atoms with Gasteiger partial charge in [0.2, 0.25) is 0 Å². The highest BCUT2D eigenvalue weighted by Crippen LogP contribution is 2.33. The summed E-state index contributed by atoms with van der Waals surface area (Å²) in [5.74, 6) is 0.439. The van der Waals surface area contributed by atoms with E-state index in [1.807, 2.05) is 18.0 Å². The molecule has 1 aliphatic rings. The number of para-hydroxylation sites is 1. The van der Waals surface area contributed by atoms with Gasteiger partial charge in [-0.1, -0.05) is 48.5 Å². The van der Waals surface area contributed by atoms with Crippen molar-refractivity contribution in [3.05, 3.63) is 57.8 Å². The highest BCUT2D eigenvalue weighted by atomic mass is 35.5. The Balaban J connectivity index is 1.68. The molecule has 0 radical (unpaired) electrons. The van der Waals surface area contributed by atoms with Crippen LogP contribution in [0.2, 0.25) is 10.0 Å². The second-order valence-electron chi connectivity index (χ2n) is 6.63. The van der Waals surface area contributed by atoms with Crippen LogP contribution in [0.25, 0.3) is 0 Å². The minimum Gasteiger partial charge on any atom is -0.486 e. The number of amides is 1. The van der Waals surface area contributed by atoms with Gasteiger partial charge in [-0.05, 0) is 31.0 Å². The van der Waals surface area contributed by atoms with Gasteiger partial charge in [-0.25, -0.2) is 0 Å². The number of nitrogens with zero attached hydrogens (tertiary/aromatic N) is 2. The minimum absolute atomic E-state index is 0.00188. The lowest BCUT2D eigenvalue weighted by Crippen LogP contribution is -2.38. The molecule has 1 aliphatic carbocycles. The van der Waals surface area contributed by atoms with Crippen LogP contribution in [0.15, 0.2) is 36.7 Å². The van der Waals surface area contributed by atoms with Crippen molar-refractivity contribution in [3.63, 3.8) is 0 Å². The summed E-state index contributed by atoms with van der Waals surface area (Å²) < 4.78 is 5.74. The van der Waals surface area contributed by atoms with Crippen LogP contribution in [-0.4, -0.2) is 28.9 Å². The first-order valence-electron chi connectivity index (χ1n) is 8.84. The van der Waals surface area contributed by atoms with Crippen LogP contribution in [0.3, 0.4) is 0 Å². The predicted molar refractivity (Wildman–Crippen MR) is 104 cm³/mol. The van der Waals surface area contributed by atoms with Gasteiger partial charge in [-0.3, -0.25) is 9.78 Å². The molecule has 0 aliphatic heterocycles. The van der Waals surface area contributed by atoms with E-state index in [9.17, 15) is 4.79 Å². The van der Waals surface area contributed by atoms with Crippen molar-refractivity contribution < 1.29 is 9.53 Å². The maximum atomic E-state index is 12.8. The highest BCUT2D eigenvalue weighted by molar-refractivity contribution is 6.37. The van der Waals surface area contributed by atoms with E-state index in [1.165, 1.54) is 19.3 Å². The van der Waals surface area contributed by atoms with Crippen molar-refractivity contribution in [2.45, 2.75) is 44.8 Å². The first kappa shape index (κ1) is 19.0. The lowest BCUT2D eigenvalue weighted by atomic mass is 9.94. The fourth-order valence-corrected chi connectivity index (χ4v) is 3.80. The molecule has 0 N–H and O–H groups in total. The van der Waals surface area contributed by atoms with Crippen LogP contribution in [0, 0.1) is 0 Å². The number of hydrogen-bond donors (Lipinski definition) is 0. The number of pyridine rings is 1. The minimum atomic E-state index is 0.00188. The molecule has 26 heavy (non-hydrogen) atoms. The molecular formula is C20H22Cl2N2O2. The molecule has 0 unspecified atom stereocenters. The fraction of sp³-hybridized carbons (Fsp3) is 0.400. The molecular weight excluding hydrogens is 371 g/mol. The van der Waals surface area contributed by atoms with E-state index in [1.54, 1.807) is 30.6 Å². The van der Waals surface area contributed by atoms with Gasteiger partial charge in [0.05, 0.1) is 15.6 Å². The van der Waals surface area contributed by atoms with Gasteiger partial charge in [0.15, 0.2) is 5.75 Å². The summed E-state index contributed by atoms with van der Waals surface area (Å²) in [6, 6.07) is 7.34. The van der Waals surface area contributed by atoms with Crippen LogP contribution in [0.5, 0.6) is 5.75 Å². The number of carbonyl (C=O) groups excluding carboxylic acids is 1. The first-order valence-corrected chi connectivity index (χ1v) is 9.60. The van der Waals surface area contributed by atoms with Crippen LogP contribution >= 0.6 is 23.2 Å². The number of rotatable bonds is 5. The van der Waals surface area contributed by atoms with Crippen molar-refractivity contribution in [1.82, 2.24) is 9.88 Å². The third-order valence-corrected chi connectivity index (χ3v) is 5.38. The van der Waals surface area contributed by atoms with Gasteiger partial charge < -0.3 is 9.64 Å². The zero-order chi connectivity index (χ0) is 18.5.